The molecular formula is C26H29N3O. The van der Waals surface area contributed by atoms with Crippen LogP contribution in [-0.4, -0.2) is 35.0 Å². The number of aromatic nitrogens is 1. The molecule has 3 aromatic rings. The third kappa shape index (κ3) is 5.14. The topological polar surface area (TPSA) is 45.2 Å². The molecule has 154 valence electrons. The summed E-state index contributed by atoms with van der Waals surface area (Å²) >= 11 is 0. The maximum Gasteiger partial charge on any atom is 0.271 e. The number of piperidine rings is 1. The molecule has 1 aromatic heterocycles. The van der Waals surface area contributed by atoms with E-state index in [0.29, 0.717) is 11.6 Å². The van der Waals surface area contributed by atoms with Crippen molar-refractivity contribution in [1.82, 2.24) is 15.2 Å². The number of hydrogen-bond acceptors (Lipinski definition) is 3. The van der Waals surface area contributed by atoms with Gasteiger partial charge in [-0.15, -0.1) is 0 Å². The molecule has 1 aliphatic heterocycles. The minimum absolute atomic E-state index is 0.0699. The van der Waals surface area contributed by atoms with Crippen LogP contribution in [0.15, 0.2) is 85.1 Å². The summed E-state index contributed by atoms with van der Waals surface area (Å²) in [7, 11) is 0. The molecule has 1 atom stereocenters. The molecule has 0 bridgehead atoms. The fourth-order valence-corrected chi connectivity index (χ4v) is 4.34. The zero-order valence-corrected chi connectivity index (χ0v) is 17.3. The van der Waals surface area contributed by atoms with Crippen LogP contribution in [0.25, 0.3) is 0 Å². The summed E-state index contributed by atoms with van der Waals surface area (Å²) in [4.78, 5) is 19.3. The number of amides is 1. The first kappa shape index (κ1) is 20.3. The molecule has 2 aromatic carbocycles. The SMILES string of the molecule is O=C(NC1CCCCN1CCC(c1ccccc1)c1ccccc1)c1ccccn1. The van der Waals surface area contributed by atoms with Gasteiger partial charge in [-0.05, 0) is 48.9 Å². The minimum atomic E-state index is -0.0878. The van der Waals surface area contributed by atoms with Crippen LogP contribution >= 0.6 is 0 Å². The normalized spacial score (nSPS) is 17.0. The van der Waals surface area contributed by atoms with Crippen LogP contribution in [0.4, 0.5) is 0 Å². The van der Waals surface area contributed by atoms with Crippen molar-refractivity contribution in [2.45, 2.75) is 37.8 Å². The maximum absolute atomic E-state index is 12.6. The number of nitrogens with one attached hydrogen (secondary N) is 1. The fraction of sp³-hybridized carbons (Fsp3) is 0.308. The van der Waals surface area contributed by atoms with Crippen LogP contribution in [0.3, 0.4) is 0 Å². The molecule has 0 radical (unpaired) electrons. The molecule has 1 saturated heterocycles. The van der Waals surface area contributed by atoms with E-state index in [0.717, 1.165) is 32.4 Å². The Balaban J connectivity index is 1.46. The minimum Gasteiger partial charge on any atom is -0.335 e. The Labute approximate surface area is 179 Å². The van der Waals surface area contributed by atoms with Crippen molar-refractivity contribution in [2.24, 2.45) is 0 Å². The van der Waals surface area contributed by atoms with Crippen molar-refractivity contribution < 1.29 is 4.79 Å². The molecule has 1 amide bonds. The van der Waals surface area contributed by atoms with Gasteiger partial charge in [-0.2, -0.15) is 0 Å². The van der Waals surface area contributed by atoms with Crippen molar-refractivity contribution in [1.29, 1.82) is 0 Å². The molecular weight excluding hydrogens is 370 g/mol. The van der Waals surface area contributed by atoms with Crippen LogP contribution in [-0.2, 0) is 0 Å². The monoisotopic (exact) mass is 399 g/mol. The molecule has 1 aliphatic rings. The largest absolute Gasteiger partial charge is 0.335 e. The Morgan fingerprint density at radius 1 is 0.933 bits per heavy atom. The highest BCUT2D eigenvalue weighted by atomic mass is 16.2. The molecule has 1 N–H and O–H groups in total. The highest BCUT2D eigenvalue weighted by molar-refractivity contribution is 5.92. The number of nitrogens with zero attached hydrogens (tertiary/aromatic N) is 2. The first-order valence-corrected chi connectivity index (χ1v) is 10.9. The third-order valence-corrected chi connectivity index (χ3v) is 5.92. The molecule has 1 unspecified atom stereocenters. The zero-order chi connectivity index (χ0) is 20.6. The summed E-state index contributed by atoms with van der Waals surface area (Å²) in [5.41, 5.74) is 3.17. The number of rotatable bonds is 7. The van der Waals surface area contributed by atoms with Gasteiger partial charge in [0.1, 0.15) is 5.69 Å². The molecule has 0 aliphatic carbocycles. The summed E-state index contributed by atoms with van der Waals surface area (Å²) in [6.07, 6.45) is 6.06. The first-order chi connectivity index (χ1) is 14.8. The van der Waals surface area contributed by atoms with Gasteiger partial charge >= 0.3 is 0 Å². The van der Waals surface area contributed by atoms with E-state index in [-0.39, 0.29) is 12.1 Å². The van der Waals surface area contributed by atoms with Gasteiger partial charge in [0, 0.05) is 25.2 Å². The molecule has 2 heterocycles. The number of carbonyl (C=O) groups excluding carboxylic acids is 1. The number of likely N-dealkylation sites (tertiary alicyclic amines) is 1. The van der Waals surface area contributed by atoms with Crippen LogP contribution in [0.5, 0.6) is 0 Å². The second kappa shape index (κ2) is 10.2. The predicted molar refractivity (Wildman–Crippen MR) is 120 cm³/mol. The average molecular weight is 400 g/mol. The maximum atomic E-state index is 12.6. The first-order valence-electron chi connectivity index (χ1n) is 10.9. The lowest BCUT2D eigenvalue weighted by Crippen LogP contribution is -2.51. The van der Waals surface area contributed by atoms with E-state index in [1.807, 2.05) is 12.1 Å². The van der Waals surface area contributed by atoms with E-state index in [1.165, 1.54) is 17.5 Å². The van der Waals surface area contributed by atoms with Gasteiger partial charge in [0.05, 0.1) is 6.17 Å². The van der Waals surface area contributed by atoms with Gasteiger partial charge < -0.3 is 5.32 Å². The second-order valence-electron chi connectivity index (χ2n) is 7.90. The highest BCUT2D eigenvalue weighted by Crippen LogP contribution is 2.29. The van der Waals surface area contributed by atoms with Crippen molar-refractivity contribution in [2.75, 3.05) is 13.1 Å². The number of hydrogen-bond donors (Lipinski definition) is 1. The van der Waals surface area contributed by atoms with Crippen LogP contribution in [0.2, 0.25) is 0 Å². The van der Waals surface area contributed by atoms with Gasteiger partial charge in [0.15, 0.2) is 0 Å². The lowest BCUT2D eigenvalue weighted by Gasteiger charge is -2.37. The Bertz CT molecular complexity index is 875. The van der Waals surface area contributed by atoms with Gasteiger partial charge in [-0.25, -0.2) is 0 Å². The van der Waals surface area contributed by atoms with Gasteiger partial charge in [0.2, 0.25) is 0 Å². The van der Waals surface area contributed by atoms with Crippen molar-refractivity contribution >= 4 is 5.91 Å². The highest BCUT2D eigenvalue weighted by Gasteiger charge is 2.26. The van der Waals surface area contributed by atoms with Crippen LogP contribution in [0.1, 0.15) is 53.2 Å². The molecule has 4 nitrogen and oxygen atoms in total. The van der Waals surface area contributed by atoms with Crippen LogP contribution < -0.4 is 5.32 Å². The van der Waals surface area contributed by atoms with Crippen molar-refractivity contribution in [3.8, 4) is 0 Å². The van der Waals surface area contributed by atoms with Gasteiger partial charge in [0.25, 0.3) is 5.91 Å². The summed E-state index contributed by atoms with van der Waals surface area (Å²) in [5, 5.41) is 3.21. The Morgan fingerprint density at radius 2 is 1.60 bits per heavy atom. The third-order valence-electron chi connectivity index (χ3n) is 5.92. The van der Waals surface area contributed by atoms with E-state index in [1.54, 1.807) is 12.3 Å². The summed E-state index contributed by atoms with van der Waals surface area (Å²) < 4.78 is 0. The van der Waals surface area contributed by atoms with E-state index in [9.17, 15) is 4.79 Å². The van der Waals surface area contributed by atoms with Crippen molar-refractivity contribution in [3.05, 3.63) is 102 Å². The summed E-state index contributed by atoms with van der Waals surface area (Å²) in [5.74, 6) is 0.261. The van der Waals surface area contributed by atoms with E-state index >= 15 is 0 Å². The van der Waals surface area contributed by atoms with E-state index < -0.39 is 0 Å². The molecule has 4 heteroatoms. The average Bonchev–Trinajstić information content (AvgIpc) is 2.82. The molecule has 4 rings (SSSR count). The molecule has 0 spiro atoms. The quantitative estimate of drug-likeness (QED) is 0.618. The summed E-state index contributed by atoms with van der Waals surface area (Å²) in [6.45, 7) is 1.96. The number of pyridine rings is 1. The Kier molecular flexibility index (Phi) is 6.88. The standard InChI is InChI=1S/C26H29N3O/c30-26(24-15-7-9-18-27-24)28-25-16-8-10-19-29(25)20-17-23(21-11-3-1-4-12-21)22-13-5-2-6-14-22/h1-7,9,11-15,18,23,25H,8,10,16-17,19-20H2,(H,28,30). The van der Waals surface area contributed by atoms with Crippen LogP contribution in [0, 0.1) is 0 Å². The number of benzene rings is 2. The van der Waals surface area contributed by atoms with E-state index in [2.05, 4.69) is 75.9 Å². The summed E-state index contributed by atoms with van der Waals surface area (Å²) in [6, 6.07) is 26.9. The fourth-order valence-electron chi connectivity index (χ4n) is 4.34. The second-order valence-corrected chi connectivity index (χ2v) is 7.90. The zero-order valence-electron chi connectivity index (χ0n) is 17.3. The van der Waals surface area contributed by atoms with E-state index in [4.69, 9.17) is 0 Å². The van der Waals surface area contributed by atoms with Gasteiger partial charge in [-0.1, -0.05) is 66.7 Å². The predicted octanol–water partition coefficient (Wildman–Crippen LogP) is 4.85. The molecule has 30 heavy (non-hydrogen) atoms. The smallest absolute Gasteiger partial charge is 0.271 e. The van der Waals surface area contributed by atoms with Gasteiger partial charge in [-0.3, -0.25) is 14.7 Å². The molecule has 0 saturated carbocycles. The number of carbonyl (C=O) groups is 1. The lowest BCUT2D eigenvalue weighted by molar-refractivity contribution is 0.0764. The Hall–Kier alpha value is -2.98. The lowest BCUT2D eigenvalue weighted by atomic mass is 9.88. The molecule has 1 fully saturated rings. The van der Waals surface area contributed by atoms with Crippen molar-refractivity contribution in [3.63, 3.8) is 0 Å². The Morgan fingerprint density at radius 3 is 2.23 bits per heavy atom.